The third kappa shape index (κ3) is 14.6. The van der Waals surface area contributed by atoms with Crippen molar-refractivity contribution in [3.05, 3.63) is 0 Å². The van der Waals surface area contributed by atoms with Crippen LogP contribution in [0, 0.1) is 0 Å². The fourth-order valence-electron chi connectivity index (χ4n) is 2.16. The number of unbranched alkanes of at least 4 members (excludes halogenated alkanes) is 5. The third-order valence-corrected chi connectivity index (χ3v) is 3.83. The average molecular weight is 337 g/mol. The van der Waals surface area contributed by atoms with E-state index in [-0.39, 0.29) is 17.0 Å². The number of hydrogen-bond donors (Lipinski definition) is 0. The van der Waals surface area contributed by atoms with Gasteiger partial charge in [0, 0.05) is 12.5 Å². The molecule has 0 amide bonds. The molecule has 3 heteroatoms. The van der Waals surface area contributed by atoms with Crippen LogP contribution in [-0.2, 0) is 0 Å². The molecule has 1 atom stereocenters. The lowest BCUT2D eigenvalue weighted by Crippen LogP contribution is -3.00. The monoisotopic (exact) mass is 336 g/mol. The topological polar surface area (TPSA) is 3.24 Å². The average Bonchev–Trinajstić information content (AvgIpc) is 2.29. The molecule has 1 unspecified atom stereocenters. The summed E-state index contributed by atoms with van der Waals surface area (Å²) in [6, 6.07) is 0.720. The maximum absolute atomic E-state index is 2.54. The van der Waals surface area contributed by atoms with Gasteiger partial charge in [0.2, 0.25) is 0 Å². The predicted octanol–water partition coefficient (Wildman–Crippen LogP) is 0.768. The van der Waals surface area contributed by atoms with E-state index < -0.39 is 0 Å². The number of nitrogens with zero attached hydrogens (tertiary/aromatic N) is 2. The molecule has 0 rings (SSSR count). The minimum absolute atomic E-state index is 0. The van der Waals surface area contributed by atoms with Gasteiger partial charge in [0.05, 0.1) is 27.7 Å². The van der Waals surface area contributed by atoms with Crippen molar-refractivity contribution in [2.75, 3.05) is 41.3 Å². The van der Waals surface area contributed by atoms with Crippen LogP contribution in [0.15, 0.2) is 0 Å². The summed E-state index contributed by atoms with van der Waals surface area (Å²) < 4.78 is 1.08. The lowest BCUT2D eigenvalue weighted by atomic mass is 10.1. The highest BCUT2D eigenvalue weighted by molar-refractivity contribution is 4.63. The van der Waals surface area contributed by atoms with Crippen LogP contribution in [0.4, 0.5) is 0 Å². The van der Waals surface area contributed by atoms with Crippen molar-refractivity contribution in [2.24, 2.45) is 0 Å². The van der Waals surface area contributed by atoms with E-state index in [1.54, 1.807) is 0 Å². The largest absolute Gasteiger partial charge is 1.00 e. The van der Waals surface area contributed by atoms with Crippen molar-refractivity contribution >= 4 is 0 Å². The van der Waals surface area contributed by atoms with Crippen molar-refractivity contribution in [1.82, 2.24) is 4.90 Å². The van der Waals surface area contributed by atoms with Gasteiger partial charge in [-0.1, -0.05) is 39.0 Å². The minimum atomic E-state index is 0. The van der Waals surface area contributed by atoms with E-state index in [4.69, 9.17) is 0 Å². The first-order valence-corrected chi connectivity index (χ1v) is 7.87. The van der Waals surface area contributed by atoms with Crippen LogP contribution in [0.2, 0.25) is 0 Å². The lowest BCUT2D eigenvalue weighted by molar-refractivity contribution is -0.870. The zero-order valence-electron chi connectivity index (χ0n) is 14.2. The fraction of sp³-hybridized carbons (Fsp3) is 1.00. The summed E-state index contributed by atoms with van der Waals surface area (Å²) in [5.41, 5.74) is 0. The number of rotatable bonds is 11. The minimum Gasteiger partial charge on any atom is -1.00 e. The van der Waals surface area contributed by atoms with E-state index in [9.17, 15) is 0 Å². The number of hydrogen-bond acceptors (Lipinski definition) is 1. The summed E-state index contributed by atoms with van der Waals surface area (Å²) in [7, 11) is 9.12. The summed E-state index contributed by atoms with van der Waals surface area (Å²) in [5.74, 6) is 0. The molecule has 2 nitrogen and oxygen atoms in total. The van der Waals surface area contributed by atoms with Crippen molar-refractivity contribution < 1.29 is 21.5 Å². The molecule has 118 valence electrons. The van der Waals surface area contributed by atoms with Gasteiger partial charge in [0.15, 0.2) is 0 Å². The fourth-order valence-corrected chi connectivity index (χ4v) is 2.16. The lowest BCUT2D eigenvalue weighted by Gasteiger charge is -2.29. The number of quaternary nitrogens is 1. The molecular weight excluding hydrogens is 300 g/mol. The van der Waals surface area contributed by atoms with E-state index in [0.717, 1.165) is 10.5 Å². The first-order chi connectivity index (χ1) is 8.37. The molecule has 0 aliphatic carbocycles. The molecule has 0 N–H and O–H groups in total. The smallest absolute Gasteiger partial charge is 0.0795 e. The molecule has 0 saturated heterocycles. The van der Waals surface area contributed by atoms with Crippen LogP contribution < -0.4 is 17.0 Å². The van der Waals surface area contributed by atoms with E-state index in [1.165, 1.54) is 58.0 Å². The van der Waals surface area contributed by atoms with E-state index in [0.29, 0.717) is 0 Å². The van der Waals surface area contributed by atoms with Crippen molar-refractivity contribution in [3.63, 3.8) is 0 Å². The molecule has 0 aliphatic heterocycles. The second-order valence-electron chi connectivity index (χ2n) is 6.90. The van der Waals surface area contributed by atoms with Crippen LogP contribution in [0.3, 0.4) is 0 Å². The normalized spacial score (nSPS) is 13.4. The van der Waals surface area contributed by atoms with Gasteiger partial charge >= 0.3 is 0 Å². The molecule has 0 spiro atoms. The molecule has 0 bridgehead atoms. The van der Waals surface area contributed by atoms with Crippen LogP contribution in [0.5, 0.6) is 0 Å². The molecule has 0 fully saturated rings. The van der Waals surface area contributed by atoms with Crippen LogP contribution in [0.1, 0.15) is 58.8 Å². The van der Waals surface area contributed by atoms with Gasteiger partial charge in [-0.2, -0.15) is 0 Å². The van der Waals surface area contributed by atoms with Gasteiger partial charge in [-0.3, -0.25) is 0 Å². The SMILES string of the molecule is CCCCCCCCN(C)C(C)CC[N+](C)(C)C.[Br-]. The highest BCUT2D eigenvalue weighted by Crippen LogP contribution is 2.09. The summed E-state index contributed by atoms with van der Waals surface area (Å²) in [6.45, 7) is 7.18. The second kappa shape index (κ2) is 12.2. The van der Waals surface area contributed by atoms with Crippen LogP contribution >= 0.6 is 0 Å². The molecule has 0 aromatic rings. The second-order valence-corrected chi connectivity index (χ2v) is 6.90. The Kier molecular flexibility index (Phi) is 13.9. The molecular formula is C16H37BrN2. The molecule has 0 aromatic carbocycles. The van der Waals surface area contributed by atoms with E-state index >= 15 is 0 Å². The zero-order chi connectivity index (χ0) is 14.0. The number of halogens is 1. The molecule has 0 heterocycles. The van der Waals surface area contributed by atoms with Gasteiger partial charge in [0.1, 0.15) is 0 Å². The summed E-state index contributed by atoms with van der Waals surface area (Å²) in [6.07, 6.45) is 9.70. The molecule has 0 aliphatic rings. The molecule has 0 radical (unpaired) electrons. The Bertz CT molecular complexity index is 190. The summed E-state index contributed by atoms with van der Waals surface area (Å²) >= 11 is 0. The Hall–Kier alpha value is 0.400. The molecule has 0 aromatic heterocycles. The van der Waals surface area contributed by atoms with E-state index in [1.807, 2.05) is 0 Å². The van der Waals surface area contributed by atoms with Crippen LogP contribution in [-0.4, -0.2) is 56.7 Å². The van der Waals surface area contributed by atoms with Gasteiger partial charge < -0.3 is 26.4 Å². The van der Waals surface area contributed by atoms with Crippen molar-refractivity contribution in [1.29, 1.82) is 0 Å². The highest BCUT2D eigenvalue weighted by Gasteiger charge is 2.13. The summed E-state index contributed by atoms with van der Waals surface area (Å²) in [4.78, 5) is 2.54. The van der Waals surface area contributed by atoms with Crippen molar-refractivity contribution in [3.8, 4) is 0 Å². The first kappa shape index (κ1) is 21.7. The predicted molar refractivity (Wildman–Crippen MR) is 83.0 cm³/mol. The van der Waals surface area contributed by atoms with Crippen LogP contribution in [0.25, 0.3) is 0 Å². The Morgan fingerprint density at radius 2 is 1.47 bits per heavy atom. The Labute approximate surface area is 132 Å². The third-order valence-electron chi connectivity index (χ3n) is 3.83. The van der Waals surface area contributed by atoms with E-state index in [2.05, 4.69) is 46.9 Å². The Morgan fingerprint density at radius 1 is 0.947 bits per heavy atom. The first-order valence-electron chi connectivity index (χ1n) is 7.87. The Morgan fingerprint density at radius 3 is 2.00 bits per heavy atom. The highest BCUT2D eigenvalue weighted by atomic mass is 79.9. The maximum atomic E-state index is 2.54. The van der Waals surface area contributed by atoms with Gasteiger partial charge in [-0.15, -0.1) is 0 Å². The zero-order valence-corrected chi connectivity index (χ0v) is 15.8. The molecule has 0 saturated carbocycles. The maximum Gasteiger partial charge on any atom is 0.0795 e. The van der Waals surface area contributed by atoms with Gasteiger partial charge in [-0.05, 0) is 26.9 Å². The summed E-state index contributed by atoms with van der Waals surface area (Å²) in [5, 5.41) is 0. The Balaban J connectivity index is 0. The van der Waals surface area contributed by atoms with Gasteiger partial charge in [0.25, 0.3) is 0 Å². The van der Waals surface area contributed by atoms with Gasteiger partial charge in [-0.25, -0.2) is 0 Å². The standard InChI is InChI=1S/C16H37N2.BrH/c1-7-8-9-10-11-12-14-17(3)16(2)13-15-18(4,5)6;/h16H,7-15H2,1-6H3;1H/q+1;/p-1. The molecule has 19 heavy (non-hydrogen) atoms. The van der Waals surface area contributed by atoms with Crippen molar-refractivity contribution in [2.45, 2.75) is 64.8 Å². The quantitative estimate of drug-likeness (QED) is 0.398.